The molecular formula is C48H69N3O6. The molecule has 3 unspecified atom stereocenters. The van der Waals surface area contributed by atoms with Crippen LogP contribution in [-0.4, -0.2) is 29.0 Å². The highest BCUT2D eigenvalue weighted by Gasteiger charge is 2.33. The van der Waals surface area contributed by atoms with Gasteiger partial charge in [0.05, 0.1) is 0 Å². The van der Waals surface area contributed by atoms with E-state index in [1.807, 2.05) is 125 Å². The Morgan fingerprint density at radius 3 is 0.579 bits per heavy atom. The van der Waals surface area contributed by atoms with E-state index in [-0.39, 0.29) is 49.2 Å². The number of aliphatic hydroxyl groups excluding tert-OH is 3. The van der Waals surface area contributed by atoms with Crippen LogP contribution in [0.25, 0.3) is 0 Å². The predicted octanol–water partition coefficient (Wildman–Crippen LogP) is 8.57. The lowest BCUT2D eigenvalue weighted by atomic mass is 9.79. The summed E-state index contributed by atoms with van der Waals surface area (Å²) in [4.78, 5) is 44.3. The van der Waals surface area contributed by atoms with Crippen LogP contribution in [0, 0.1) is 0 Å². The molecule has 0 aliphatic heterocycles. The Labute approximate surface area is 340 Å². The van der Waals surface area contributed by atoms with E-state index >= 15 is 0 Å². The molecule has 0 aliphatic carbocycles. The molecule has 4 rings (SSSR count). The fourth-order valence-electron chi connectivity index (χ4n) is 6.67. The molecule has 1 heterocycles. The fourth-order valence-corrected chi connectivity index (χ4v) is 6.67. The highest BCUT2D eigenvalue weighted by atomic mass is 16.3. The zero-order valence-corrected chi connectivity index (χ0v) is 37.8. The molecule has 3 atom stereocenters. The number of nitrogens with zero attached hydrogens (tertiary/aromatic N) is 3. The monoisotopic (exact) mass is 784 g/mol. The Morgan fingerprint density at radius 2 is 0.456 bits per heavy atom. The standard InChI is InChI=1S/C48H69N3O6/c1-43(2,3)31-19-28(20-32(25-31)44(4,5)6)37(52)49-40(55)50(38(53)29-21-33(45(7,8)9)26-34(22-29)46(10,11)12)42(57)51(41(49)56)39(54)30-23-35(47(13,14)15)27-36(24-30)48(16,17)18/h19-27,37-39,52-54H,1-18H3. The van der Waals surface area contributed by atoms with Gasteiger partial charge in [0, 0.05) is 16.7 Å². The van der Waals surface area contributed by atoms with Gasteiger partial charge >= 0.3 is 17.1 Å². The highest BCUT2D eigenvalue weighted by molar-refractivity contribution is 5.41. The second-order valence-electron chi connectivity index (χ2n) is 22.1. The quantitative estimate of drug-likeness (QED) is 0.180. The summed E-state index contributed by atoms with van der Waals surface area (Å²) in [6.45, 7) is 36.6. The number of rotatable bonds is 6. The topological polar surface area (TPSA) is 127 Å². The molecule has 0 saturated heterocycles. The van der Waals surface area contributed by atoms with Gasteiger partial charge < -0.3 is 15.3 Å². The number of aliphatic hydroxyl groups is 3. The lowest BCUT2D eigenvalue weighted by Gasteiger charge is -2.29. The van der Waals surface area contributed by atoms with E-state index in [0.717, 1.165) is 33.4 Å². The smallest absolute Gasteiger partial charge is 0.341 e. The zero-order chi connectivity index (χ0) is 43.8. The van der Waals surface area contributed by atoms with Crippen LogP contribution in [0.4, 0.5) is 0 Å². The second-order valence-corrected chi connectivity index (χ2v) is 22.1. The lowest BCUT2D eigenvalue weighted by Crippen LogP contribution is -2.57. The van der Waals surface area contributed by atoms with Crippen molar-refractivity contribution >= 4 is 0 Å². The van der Waals surface area contributed by atoms with Gasteiger partial charge in [-0.05, 0) is 65.9 Å². The lowest BCUT2D eigenvalue weighted by molar-refractivity contribution is 0.0786. The molecule has 3 N–H and O–H groups in total. The van der Waals surface area contributed by atoms with Crippen LogP contribution in [0.3, 0.4) is 0 Å². The molecule has 3 aromatic carbocycles. The van der Waals surface area contributed by atoms with Crippen molar-refractivity contribution in [2.24, 2.45) is 0 Å². The molecular weight excluding hydrogens is 715 g/mol. The average Bonchev–Trinajstić information content (AvgIpc) is 3.05. The van der Waals surface area contributed by atoms with Gasteiger partial charge in [0.2, 0.25) is 0 Å². The van der Waals surface area contributed by atoms with Gasteiger partial charge in [-0.15, -0.1) is 0 Å². The normalized spacial score (nSPS) is 15.1. The van der Waals surface area contributed by atoms with Crippen LogP contribution in [0.2, 0.25) is 0 Å². The van der Waals surface area contributed by atoms with Crippen molar-refractivity contribution in [3.05, 3.63) is 136 Å². The molecule has 0 amide bonds. The first kappa shape index (κ1) is 45.6. The van der Waals surface area contributed by atoms with Crippen LogP contribution in [0.1, 0.15) is 193 Å². The molecule has 9 nitrogen and oxygen atoms in total. The number of benzene rings is 3. The van der Waals surface area contributed by atoms with E-state index in [1.165, 1.54) is 0 Å². The molecule has 0 saturated carbocycles. The van der Waals surface area contributed by atoms with Crippen molar-refractivity contribution in [3.63, 3.8) is 0 Å². The van der Waals surface area contributed by atoms with Crippen molar-refractivity contribution in [1.29, 1.82) is 0 Å². The number of hydrogen-bond donors (Lipinski definition) is 3. The Kier molecular flexibility index (Phi) is 12.0. The first-order valence-electron chi connectivity index (χ1n) is 20.1. The first-order chi connectivity index (χ1) is 25.5. The van der Waals surface area contributed by atoms with Crippen molar-refractivity contribution in [2.45, 2.75) is 176 Å². The summed E-state index contributed by atoms with van der Waals surface area (Å²) in [7, 11) is 0. The number of aromatic nitrogens is 3. The minimum Gasteiger partial charge on any atom is -0.369 e. The van der Waals surface area contributed by atoms with E-state index in [1.54, 1.807) is 36.4 Å². The van der Waals surface area contributed by atoms with Gasteiger partial charge in [-0.2, -0.15) is 0 Å². The van der Waals surface area contributed by atoms with E-state index in [4.69, 9.17) is 0 Å². The SMILES string of the molecule is CC(C)(C)c1cc(C(O)n2c(=O)n(C(O)c3cc(C(C)(C)C)cc(C(C)(C)C)c3)c(=O)n(C(O)c3cc(C(C)(C)C)cc(C(C)(C)C)c3)c2=O)cc(C(C)(C)C)c1. The van der Waals surface area contributed by atoms with Crippen LogP contribution < -0.4 is 17.1 Å². The maximum atomic E-state index is 14.8. The summed E-state index contributed by atoms with van der Waals surface area (Å²) in [6, 6.07) is 16.7. The molecule has 312 valence electrons. The third kappa shape index (κ3) is 9.64. The minimum absolute atomic E-state index is 0.252. The largest absolute Gasteiger partial charge is 0.369 e. The highest BCUT2D eigenvalue weighted by Crippen LogP contribution is 2.35. The Morgan fingerprint density at radius 1 is 0.316 bits per heavy atom. The summed E-state index contributed by atoms with van der Waals surface area (Å²) in [5.41, 5.74) is 0.132. The van der Waals surface area contributed by atoms with E-state index in [2.05, 4.69) is 18.2 Å². The molecule has 0 spiro atoms. The third-order valence-electron chi connectivity index (χ3n) is 10.9. The molecule has 0 fully saturated rings. The number of hydrogen-bond acceptors (Lipinski definition) is 6. The molecule has 0 aliphatic rings. The van der Waals surface area contributed by atoms with Crippen LogP contribution in [-0.2, 0) is 32.5 Å². The van der Waals surface area contributed by atoms with Crippen molar-refractivity contribution in [2.75, 3.05) is 0 Å². The van der Waals surface area contributed by atoms with Crippen molar-refractivity contribution in [3.8, 4) is 0 Å². The Bertz CT molecular complexity index is 1930. The van der Waals surface area contributed by atoms with E-state index in [0.29, 0.717) is 13.7 Å². The van der Waals surface area contributed by atoms with Gasteiger partial charge in [0.25, 0.3) is 0 Å². The minimum atomic E-state index is -1.89. The summed E-state index contributed by atoms with van der Waals surface area (Å²) in [5, 5.41) is 36.8. The van der Waals surface area contributed by atoms with E-state index in [9.17, 15) is 29.7 Å². The fraction of sp³-hybridized carbons (Fsp3) is 0.562. The van der Waals surface area contributed by atoms with Crippen molar-refractivity contribution < 1.29 is 15.3 Å². The second kappa shape index (κ2) is 15.0. The van der Waals surface area contributed by atoms with Crippen molar-refractivity contribution in [1.82, 2.24) is 13.7 Å². The van der Waals surface area contributed by atoms with Gasteiger partial charge in [-0.3, -0.25) is 0 Å². The predicted molar refractivity (Wildman–Crippen MR) is 232 cm³/mol. The van der Waals surface area contributed by atoms with Gasteiger partial charge in [0.15, 0.2) is 18.7 Å². The Balaban J connectivity index is 2.19. The van der Waals surface area contributed by atoms with Gasteiger partial charge in [-0.1, -0.05) is 179 Å². The van der Waals surface area contributed by atoms with Gasteiger partial charge in [0.1, 0.15) is 0 Å². The maximum absolute atomic E-state index is 14.8. The molecule has 0 radical (unpaired) electrons. The maximum Gasteiger partial charge on any atom is 0.341 e. The molecule has 9 heteroatoms. The average molecular weight is 784 g/mol. The summed E-state index contributed by atoms with van der Waals surface area (Å²) in [5.74, 6) is 0. The van der Waals surface area contributed by atoms with Crippen LogP contribution in [0.15, 0.2) is 69.0 Å². The first-order valence-corrected chi connectivity index (χ1v) is 20.1. The molecule has 4 aromatic rings. The Hall–Kier alpha value is -4.05. The van der Waals surface area contributed by atoms with Crippen LogP contribution >= 0.6 is 0 Å². The third-order valence-corrected chi connectivity index (χ3v) is 10.9. The molecule has 1 aromatic heterocycles. The van der Waals surface area contributed by atoms with Crippen LogP contribution in [0.5, 0.6) is 0 Å². The van der Waals surface area contributed by atoms with Gasteiger partial charge in [-0.25, -0.2) is 28.1 Å². The summed E-state index contributed by atoms with van der Waals surface area (Å²) < 4.78 is 1.70. The molecule has 57 heavy (non-hydrogen) atoms. The molecule has 0 bridgehead atoms. The van der Waals surface area contributed by atoms with E-state index < -0.39 is 35.8 Å². The summed E-state index contributed by atoms with van der Waals surface area (Å²) in [6.07, 6.45) is -5.66. The summed E-state index contributed by atoms with van der Waals surface area (Å²) >= 11 is 0. The zero-order valence-electron chi connectivity index (χ0n) is 37.8.